The van der Waals surface area contributed by atoms with Gasteiger partial charge in [-0.15, -0.1) is 0 Å². The second kappa shape index (κ2) is 8.12. The van der Waals surface area contributed by atoms with Crippen molar-refractivity contribution in [2.45, 2.75) is 19.4 Å². The fourth-order valence-corrected chi connectivity index (χ4v) is 3.05. The van der Waals surface area contributed by atoms with Crippen LogP contribution in [0.2, 0.25) is 0 Å². The summed E-state index contributed by atoms with van der Waals surface area (Å²) in [5, 5.41) is 0. The van der Waals surface area contributed by atoms with Gasteiger partial charge in [0.2, 0.25) is 5.91 Å². The summed E-state index contributed by atoms with van der Waals surface area (Å²) in [5.41, 5.74) is 3.24. The summed E-state index contributed by atoms with van der Waals surface area (Å²) in [4.78, 5) is 13.8. The van der Waals surface area contributed by atoms with Crippen molar-refractivity contribution in [2.75, 3.05) is 26.8 Å². The van der Waals surface area contributed by atoms with Crippen molar-refractivity contribution in [3.8, 4) is 5.75 Å². The number of fused-ring (bicyclic) bond motifs is 1. The first-order valence-corrected chi connectivity index (χ1v) is 8.41. The number of carbonyl (C=O) groups is 1. The lowest BCUT2D eigenvalue weighted by atomic mass is 10.0. The average molecular weight is 343 g/mol. The van der Waals surface area contributed by atoms with E-state index in [4.69, 9.17) is 9.47 Å². The summed E-state index contributed by atoms with van der Waals surface area (Å²) in [7, 11) is 1.53. The first-order valence-electron chi connectivity index (χ1n) is 8.41. The number of nitrogens with zero attached hydrogens (tertiary/aromatic N) is 1. The maximum atomic E-state index is 13.2. The molecule has 0 aliphatic carbocycles. The van der Waals surface area contributed by atoms with Crippen molar-refractivity contribution < 1.29 is 18.7 Å². The maximum Gasteiger partial charge on any atom is 0.248 e. The number of ether oxygens (including phenoxy) is 2. The van der Waals surface area contributed by atoms with Crippen molar-refractivity contribution in [3.63, 3.8) is 0 Å². The van der Waals surface area contributed by atoms with Gasteiger partial charge in [0.15, 0.2) is 0 Å². The molecule has 0 atom stereocenters. The topological polar surface area (TPSA) is 38.8 Å². The predicted molar refractivity (Wildman–Crippen MR) is 93.0 cm³/mol. The van der Waals surface area contributed by atoms with Gasteiger partial charge in [-0.2, -0.15) is 0 Å². The lowest BCUT2D eigenvalue weighted by Gasteiger charge is -2.19. The number of hydrogen-bond donors (Lipinski definition) is 0. The summed E-state index contributed by atoms with van der Waals surface area (Å²) in [5.74, 6) is 0.529. The molecule has 2 aromatic carbocycles. The Bertz CT molecular complexity index is 747. The van der Waals surface area contributed by atoms with Gasteiger partial charge in [-0.3, -0.25) is 4.79 Å². The number of hydrogen-bond acceptors (Lipinski definition) is 3. The third-order valence-corrected chi connectivity index (χ3v) is 4.39. The molecule has 0 N–H and O–H groups in total. The summed E-state index contributed by atoms with van der Waals surface area (Å²) in [6.45, 7) is 1.84. The molecule has 0 spiro atoms. The molecule has 0 saturated heterocycles. The number of rotatable bonds is 5. The third-order valence-electron chi connectivity index (χ3n) is 4.39. The molecule has 4 nitrogen and oxygen atoms in total. The summed E-state index contributed by atoms with van der Waals surface area (Å²) in [6.07, 6.45) is 1.62. The third kappa shape index (κ3) is 4.57. The van der Waals surface area contributed by atoms with E-state index in [1.165, 1.54) is 30.4 Å². The highest BCUT2D eigenvalue weighted by molar-refractivity contribution is 5.77. The molecule has 0 bridgehead atoms. The molecule has 1 aliphatic heterocycles. The van der Waals surface area contributed by atoms with Crippen molar-refractivity contribution >= 4 is 5.91 Å². The lowest BCUT2D eigenvalue weighted by molar-refractivity contribution is -0.135. The van der Waals surface area contributed by atoms with Gasteiger partial charge < -0.3 is 14.4 Å². The van der Waals surface area contributed by atoms with Crippen LogP contribution >= 0.6 is 0 Å². The molecule has 25 heavy (non-hydrogen) atoms. The zero-order chi connectivity index (χ0) is 17.6. The Labute approximate surface area is 147 Å². The van der Waals surface area contributed by atoms with Crippen molar-refractivity contribution in [2.24, 2.45) is 0 Å². The van der Waals surface area contributed by atoms with Gasteiger partial charge in [0.05, 0.1) is 0 Å². The van der Waals surface area contributed by atoms with Crippen molar-refractivity contribution in [1.82, 2.24) is 4.90 Å². The number of halogens is 1. The normalized spacial score (nSPS) is 13.9. The molecule has 5 heteroatoms. The van der Waals surface area contributed by atoms with Gasteiger partial charge in [-0.25, -0.2) is 4.39 Å². The van der Waals surface area contributed by atoms with E-state index in [2.05, 4.69) is 6.07 Å². The Balaban J connectivity index is 1.64. The van der Waals surface area contributed by atoms with E-state index in [-0.39, 0.29) is 18.3 Å². The Morgan fingerprint density at radius 3 is 2.68 bits per heavy atom. The molecule has 3 rings (SSSR count). The van der Waals surface area contributed by atoms with Crippen molar-refractivity contribution in [1.29, 1.82) is 0 Å². The number of benzene rings is 2. The minimum absolute atomic E-state index is 0.0258. The van der Waals surface area contributed by atoms with Crippen LogP contribution in [-0.2, 0) is 29.0 Å². The molecule has 1 amide bonds. The molecule has 1 heterocycles. The Morgan fingerprint density at radius 1 is 1.12 bits per heavy atom. The first-order chi connectivity index (χ1) is 12.2. The van der Waals surface area contributed by atoms with Crippen LogP contribution in [-0.4, -0.2) is 37.6 Å². The molecular weight excluding hydrogens is 321 g/mol. The molecule has 0 fully saturated rings. The minimum Gasteiger partial charge on any atom is -0.489 e. The summed E-state index contributed by atoms with van der Waals surface area (Å²) < 4.78 is 24.0. The molecule has 132 valence electrons. The highest BCUT2D eigenvalue weighted by Crippen LogP contribution is 2.23. The predicted octanol–water partition coefficient (Wildman–Crippen LogP) is 2.98. The van der Waals surface area contributed by atoms with E-state index < -0.39 is 0 Å². The van der Waals surface area contributed by atoms with E-state index in [9.17, 15) is 9.18 Å². The molecule has 0 aromatic heterocycles. The Morgan fingerprint density at radius 2 is 1.92 bits per heavy atom. The van der Waals surface area contributed by atoms with Gasteiger partial charge in [0.25, 0.3) is 0 Å². The highest BCUT2D eigenvalue weighted by Gasteiger charge is 2.18. The lowest BCUT2D eigenvalue weighted by Crippen LogP contribution is -2.35. The van der Waals surface area contributed by atoms with Gasteiger partial charge >= 0.3 is 0 Å². The number of carbonyl (C=O) groups excluding carboxylic acids is 1. The van der Waals surface area contributed by atoms with Crippen LogP contribution in [0.15, 0.2) is 42.5 Å². The summed E-state index contributed by atoms with van der Waals surface area (Å²) >= 11 is 0. The van der Waals surface area contributed by atoms with Crippen LogP contribution in [0.25, 0.3) is 0 Å². The van der Waals surface area contributed by atoms with E-state index in [1.54, 1.807) is 6.07 Å². The van der Waals surface area contributed by atoms with E-state index in [0.29, 0.717) is 19.7 Å². The Kier molecular flexibility index (Phi) is 5.66. The monoisotopic (exact) mass is 343 g/mol. The SMILES string of the molecule is COCC(=O)N1CCc2ccc(OCc3cccc(F)c3)cc2CC1. The van der Waals surface area contributed by atoms with Gasteiger partial charge in [-0.1, -0.05) is 18.2 Å². The second-order valence-electron chi connectivity index (χ2n) is 6.16. The van der Waals surface area contributed by atoms with Crippen LogP contribution in [0.3, 0.4) is 0 Å². The fraction of sp³-hybridized carbons (Fsp3) is 0.350. The highest BCUT2D eigenvalue weighted by atomic mass is 19.1. The second-order valence-corrected chi connectivity index (χ2v) is 6.16. The average Bonchev–Trinajstić information content (AvgIpc) is 2.82. The zero-order valence-corrected chi connectivity index (χ0v) is 14.3. The molecular formula is C20H22FNO3. The summed E-state index contributed by atoms with van der Waals surface area (Å²) in [6, 6.07) is 12.4. The maximum absolute atomic E-state index is 13.2. The van der Waals surface area contributed by atoms with Gasteiger partial charge in [0, 0.05) is 20.2 Å². The minimum atomic E-state index is -0.260. The Hall–Kier alpha value is -2.40. The van der Waals surface area contributed by atoms with Crippen LogP contribution in [0, 0.1) is 5.82 Å². The molecule has 1 aliphatic rings. The number of amides is 1. The van der Waals surface area contributed by atoms with Gasteiger partial charge in [-0.05, 0) is 53.8 Å². The molecule has 0 unspecified atom stereocenters. The van der Waals surface area contributed by atoms with Crippen LogP contribution in [0.4, 0.5) is 4.39 Å². The van der Waals surface area contributed by atoms with Crippen LogP contribution in [0.1, 0.15) is 16.7 Å². The van der Waals surface area contributed by atoms with Crippen LogP contribution < -0.4 is 4.74 Å². The largest absolute Gasteiger partial charge is 0.489 e. The van der Waals surface area contributed by atoms with E-state index in [1.807, 2.05) is 23.1 Å². The quantitative estimate of drug-likeness (QED) is 0.838. The van der Waals surface area contributed by atoms with Crippen molar-refractivity contribution in [3.05, 3.63) is 65.0 Å². The van der Waals surface area contributed by atoms with E-state index >= 15 is 0 Å². The standard InChI is InChI=1S/C20H22FNO3/c1-24-14-20(23)22-9-7-16-5-6-19(12-17(16)8-10-22)25-13-15-3-2-4-18(21)11-15/h2-6,11-12H,7-10,13-14H2,1H3. The molecule has 0 radical (unpaired) electrons. The molecule has 0 saturated carbocycles. The van der Waals surface area contributed by atoms with Crippen LogP contribution in [0.5, 0.6) is 5.75 Å². The fourth-order valence-electron chi connectivity index (χ4n) is 3.05. The first kappa shape index (κ1) is 17.4. The molecule has 2 aromatic rings. The number of methoxy groups -OCH3 is 1. The van der Waals surface area contributed by atoms with Gasteiger partial charge in [0.1, 0.15) is 24.8 Å². The van der Waals surface area contributed by atoms with E-state index in [0.717, 1.165) is 24.2 Å². The smallest absolute Gasteiger partial charge is 0.248 e. The zero-order valence-electron chi connectivity index (χ0n) is 14.3.